The molecule has 0 aromatic heterocycles. The summed E-state index contributed by atoms with van der Waals surface area (Å²) < 4.78 is 0. The zero-order valence-corrected chi connectivity index (χ0v) is 15.5. The maximum Gasteiger partial charge on any atom is 0.273 e. The number of carbonyl (C=O) groups excluding carboxylic acids is 2. The highest BCUT2D eigenvalue weighted by molar-refractivity contribution is 5.80. The monoisotopic (exact) mass is 386 g/mol. The first-order valence-corrected chi connectivity index (χ1v) is 8.74. The van der Waals surface area contributed by atoms with Gasteiger partial charge in [-0.25, -0.2) is 0 Å². The fraction of sp³-hybridized carbons (Fsp3) is 0.200. The van der Waals surface area contributed by atoms with Crippen LogP contribution in [-0.4, -0.2) is 34.1 Å². The summed E-state index contributed by atoms with van der Waals surface area (Å²) in [6.45, 7) is 0. The minimum atomic E-state index is -0.541. The standard InChI is InChI=1S/C20H26N4O4/c1-23-15(19(21)27)9-11-3-5-17(25)13(7-11)14-8-12(4-6-18(14)26)10-16(24-2)20(22)28/h3-8,15-16,25-26H,1-2,9-10,23-24H2,(H2,21,27)(H2,22,28)/t15-,16+. The molecule has 8 nitrogen and oxygen atoms in total. The Hall–Kier alpha value is -3.10. The summed E-state index contributed by atoms with van der Waals surface area (Å²) in [6, 6.07) is 8.64. The molecule has 2 rings (SSSR count). The third-order valence-corrected chi connectivity index (χ3v) is 4.62. The molecule has 0 unspecified atom stereocenters. The van der Waals surface area contributed by atoms with Gasteiger partial charge in [0, 0.05) is 24.0 Å². The largest absolute Gasteiger partial charge is 0.507 e. The van der Waals surface area contributed by atoms with Crippen LogP contribution in [0.4, 0.5) is 0 Å². The minimum Gasteiger partial charge on any atom is -0.507 e. The summed E-state index contributed by atoms with van der Waals surface area (Å²) in [5, 5.41) is 23.6. The van der Waals surface area contributed by atoms with Crippen LogP contribution >= 0.6 is 0 Å². The van der Waals surface area contributed by atoms with Crippen molar-refractivity contribution in [3.05, 3.63) is 61.6 Å². The SMILES string of the molecule is [CH2-][NH2+][C@@H](Cc1ccc(O)c(-c2cc(C[C@@H]([NH2+][CH2-])C(N)=O)ccc2O)c1)C(N)=O. The molecule has 0 bridgehead atoms. The second-order valence-corrected chi connectivity index (χ2v) is 6.60. The molecule has 0 saturated heterocycles. The molecule has 2 atom stereocenters. The van der Waals surface area contributed by atoms with Crippen molar-refractivity contribution in [3.8, 4) is 22.6 Å². The van der Waals surface area contributed by atoms with Crippen molar-refractivity contribution < 1.29 is 30.4 Å². The summed E-state index contributed by atoms with van der Waals surface area (Å²) >= 11 is 0. The molecule has 0 aliphatic rings. The second-order valence-electron chi connectivity index (χ2n) is 6.60. The van der Waals surface area contributed by atoms with Gasteiger partial charge in [0.2, 0.25) is 0 Å². The number of aromatic hydroxyl groups is 2. The lowest BCUT2D eigenvalue weighted by Gasteiger charge is -2.16. The van der Waals surface area contributed by atoms with Crippen molar-refractivity contribution in [1.82, 2.24) is 0 Å². The van der Waals surface area contributed by atoms with E-state index in [0.717, 1.165) is 11.1 Å². The lowest BCUT2D eigenvalue weighted by Crippen LogP contribution is -2.87. The van der Waals surface area contributed by atoms with Crippen LogP contribution in [0.5, 0.6) is 11.5 Å². The van der Waals surface area contributed by atoms with Crippen molar-refractivity contribution in [2.24, 2.45) is 11.5 Å². The van der Waals surface area contributed by atoms with Crippen molar-refractivity contribution in [2.45, 2.75) is 24.9 Å². The highest BCUT2D eigenvalue weighted by Crippen LogP contribution is 2.36. The predicted molar refractivity (Wildman–Crippen MR) is 103 cm³/mol. The molecular weight excluding hydrogens is 360 g/mol. The quantitative estimate of drug-likeness (QED) is 0.283. The van der Waals surface area contributed by atoms with E-state index in [9.17, 15) is 19.8 Å². The Balaban J connectivity index is 2.40. The number of carbonyl (C=O) groups is 2. The second kappa shape index (κ2) is 9.20. The zero-order chi connectivity index (χ0) is 20.8. The maximum atomic E-state index is 11.5. The average molecular weight is 386 g/mol. The van der Waals surface area contributed by atoms with Gasteiger partial charge in [-0.05, 0) is 35.4 Å². The third-order valence-electron chi connectivity index (χ3n) is 4.62. The number of phenols is 2. The summed E-state index contributed by atoms with van der Waals surface area (Å²) in [5.74, 6) is -1.03. The van der Waals surface area contributed by atoms with Gasteiger partial charge in [-0.1, -0.05) is 12.1 Å². The van der Waals surface area contributed by atoms with Crippen LogP contribution in [0.15, 0.2) is 36.4 Å². The van der Waals surface area contributed by atoms with E-state index in [0.29, 0.717) is 24.0 Å². The van der Waals surface area contributed by atoms with E-state index in [4.69, 9.17) is 11.5 Å². The first-order chi connectivity index (χ1) is 13.3. The summed E-state index contributed by atoms with van der Waals surface area (Å²) in [7, 11) is 7.23. The number of phenolic OH excluding ortho intramolecular Hbond substituents is 2. The van der Waals surface area contributed by atoms with E-state index >= 15 is 0 Å². The number of amides is 2. The molecule has 150 valence electrons. The minimum absolute atomic E-state index is 0.0272. The molecule has 28 heavy (non-hydrogen) atoms. The van der Waals surface area contributed by atoms with E-state index in [1.165, 1.54) is 22.8 Å². The molecule has 0 spiro atoms. The first-order valence-electron chi connectivity index (χ1n) is 8.74. The van der Waals surface area contributed by atoms with E-state index in [1.54, 1.807) is 24.3 Å². The van der Waals surface area contributed by atoms with Gasteiger partial charge in [-0.3, -0.25) is 9.59 Å². The van der Waals surface area contributed by atoms with Crippen LogP contribution in [0.3, 0.4) is 0 Å². The molecule has 2 aromatic carbocycles. The lowest BCUT2D eigenvalue weighted by molar-refractivity contribution is -0.619. The normalized spacial score (nSPS) is 13.1. The Labute approximate surface area is 163 Å². The van der Waals surface area contributed by atoms with E-state index in [-0.39, 0.29) is 11.5 Å². The third kappa shape index (κ3) is 4.99. The Morgan fingerprint density at radius 3 is 1.46 bits per heavy atom. The Kier molecular flexibility index (Phi) is 6.97. The van der Waals surface area contributed by atoms with Crippen LogP contribution in [0.2, 0.25) is 0 Å². The molecule has 0 aliphatic heterocycles. The van der Waals surface area contributed by atoms with Gasteiger partial charge in [0.25, 0.3) is 11.8 Å². The number of benzene rings is 2. The van der Waals surface area contributed by atoms with Crippen molar-refractivity contribution in [2.75, 3.05) is 0 Å². The summed E-state index contributed by atoms with van der Waals surface area (Å²) in [4.78, 5) is 22.9. The van der Waals surface area contributed by atoms with Gasteiger partial charge in [0.05, 0.1) is 0 Å². The molecule has 0 radical (unpaired) electrons. The fourth-order valence-electron chi connectivity index (χ4n) is 2.96. The van der Waals surface area contributed by atoms with E-state index in [1.807, 2.05) is 0 Å². The molecule has 0 fully saturated rings. The molecule has 2 aromatic rings. The number of hydrogen-bond donors (Lipinski definition) is 6. The molecular formula is C20H26N4O4. The number of quaternary nitrogens is 2. The van der Waals surface area contributed by atoms with E-state index in [2.05, 4.69) is 14.1 Å². The van der Waals surface area contributed by atoms with Crippen molar-refractivity contribution in [1.29, 1.82) is 0 Å². The van der Waals surface area contributed by atoms with Crippen molar-refractivity contribution in [3.63, 3.8) is 0 Å². The van der Waals surface area contributed by atoms with Gasteiger partial charge in [-0.2, -0.15) is 14.1 Å². The van der Waals surface area contributed by atoms with Crippen LogP contribution < -0.4 is 22.1 Å². The first kappa shape index (κ1) is 21.2. The molecule has 0 saturated carbocycles. The smallest absolute Gasteiger partial charge is 0.273 e. The van der Waals surface area contributed by atoms with Gasteiger partial charge < -0.3 is 32.3 Å². The van der Waals surface area contributed by atoms with Crippen molar-refractivity contribution >= 4 is 11.8 Å². The summed E-state index contributed by atoms with van der Waals surface area (Å²) in [6.07, 6.45) is 0.652. The average Bonchev–Trinajstić information content (AvgIpc) is 2.66. The Morgan fingerprint density at radius 1 is 0.821 bits per heavy atom. The predicted octanol–water partition coefficient (Wildman–Crippen LogP) is -1.73. The summed E-state index contributed by atoms with van der Waals surface area (Å²) in [5.41, 5.74) is 13.0. The lowest BCUT2D eigenvalue weighted by atomic mass is 9.95. The molecule has 0 aliphatic carbocycles. The Morgan fingerprint density at radius 2 is 1.18 bits per heavy atom. The topological polar surface area (TPSA) is 160 Å². The zero-order valence-electron chi connectivity index (χ0n) is 15.5. The highest BCUT2D eigenvalue weighted by Gasteiger charge is 2.19. The number of rotatable bonds is 9. The number of primary amides is 2. The molecule has 8 heteroatoms. The number of nitrogens with two attached hydrogens (primary N) is 4. The van der Waals surface area contributed by atoms with Crippen LogP contribution in [0.25, 0.3) is 11.1 Å². The highest BCUT2D eigenvalue weighted by atomic mass is 16.3. The van der Waals surface area contributed by atoms with Gasteiger partial charge in [-0.15, -0.1) is 0 Å². The van der Waals surface area contributed by atoms with Gasteiger partial charge in [0.1, 0.15) is 23.6 Å². The fourth-order valence-corrected chi connectivity index (χ4v) is 2.96. The Bertz CT molecular complexity index is 798. The molecule has 0 heterocycles. The molecule has 2 amide bonds. The number of hydrogen-bond acceptors (Lipinski definition) is 4. The van der Waals surface area contributed by atoms with Gasteiger partial charge >= 0.3 is 0 Å². The van der Waals surface area contributed by atoms with Crippen LogP contribution in [0, 0.1) is 14.1 Å². The van der Waals surface area contributed by atoms with Crippen LogP contribution in [-0.2, 0) is 22.4 Å². The molecule has 10 N–H and O–H groups in total. The maximum absolute atomic E-state index is 11.5. The van der Waals surface area contributed by atoms with Crippen LogP contribution in [0.1, 0.15) is 11.1 Å². The van der Waals surface area contributed by atoms with E-state index < -0.39 is 23.9 Å². The van der Waals surface area contributed by atoms with Gasteiger partial charge in [0.15, 0.2) is 0 Å².